The van der Waals surface area contributed by atoms with E-state index >= 15 is 0 Å². The molecule has 0 aliphatic carbocycles. The van der Waals surface area contributed by atoms with Gasteiger partial charge in [0.15, 0.2) is 0 Å². The lowest BCUT2D eigenvalue weighted by Gasteiger charge is -2.23. The molecule has 1 amide bonds. The summed E-state index contributed by atoms with van der Waals surface area (Å²) in [6.07, 6.45) is 0. The van der Waals surface area contributed by atoms with Gasteiger partial charge >= 0.3 is 0 Å². The predicted molar refractivity (Wildman–Crippen MR) is 84.4 cm³/mol. The molecule has 2 rings (SSSR count). The van der Waals surface area contributed by atoms with Crippen LogP contribution in [-0.4, -0.2) is 11.5 Å². The molecular weight excluding hydrogens is 281 g/mol. The van der Waals surface area contributed by atoms with Gasteiger partial charge in [0.25, 0.3) is 5.91 Å². The van der Waals surface area contributed by atoms with E-state index in [0.717, 1.165) is 5.56 Å². The summed E-state index contributed by atoms with van der Waals surface area (Å²) in [5, 5.41) is 2.72. The van der Waals surface area contributed by atoms with Crippen molar-refractivity contribution < 1.29 is 13.9 Å². The van der Waals surface area contributed by atoms with Crippen molar-refractivity contribution in [1.82, 2.24) is 5.32 Å². The SMILES string of the molecule is CC(C)(C)Oc1ccccc1CNC(=O)c1ccccc1F. The summed E-state index contributed by atoms with van der Waals surface area (Å²) in [6, 6.07) is 13.4. The third kappa shape index (κ3) is 4.32. The fraction of sp³-hybridized carbons (Fsp3) is 0.278. The minimum Gasteiger partial charge on any atom is -0.488 e. The predicted octanol–water partition coefficient (Wildman–Crippen LogP) is 3.93. The van der Waals surface area contributed by atoms with E-state index in [-0.39, 0.29) is 17.7 Å². The summed E-state index contributed by atoms with van der Waals surface area (Å²) in [5.41, 5.74) is 0.560. The molecule has 0 bridgehead atoms. The third-order valence-electron chi connectivity index (χ3n) is 2.95. The maximum atomic E-state index is 13.6. The van der Waals surface area contributed by atoms with Gasteiger partial charge < -0.3 is 10.1 Å². The zero-order valence-corrected chi connectivity index (χ0v) is 13.0. The Morgan fingerprint density at radius 3 is 2.41 bits per heavy atom. The van der Waals surface area contributed by atoms with Crippen molar-refractivity contribution in [2.45, 2.75) is 32.9 Å². The summed E-state index contributed by atoms with van der Waals surface area (Å²) in [4.78, 5) is 12.0. The first-order valence-corrected chi connectivity index (χ1v) is 7.16. The number of nitrogens with one attached hydrogen (secondary N) is 1. The van der Waals surface area contributed by atoms with Crippen LogP contribution in [0.5, 0.6) is 5.75 Å². The van der Waals surface area contributed by atoms with Crippen LogP contribution in [0, 0.1) is 5.82 Å². The Hall–Kier alpha value is -2.36. The largest absolute Gasteiger partial charge is 0.488 e. The second kappa shape index (κ2) is 6.60. The van der Waals surface area contributed by atoms with Crippen LogP contribution in [0.4, 0.5) is 4.39 Å². The number of para-hydroxylation sites is 1. The summed E-state index contributed by atoms with van der Waals surface area (Å²) in [6.45, 7) is 6.16. The Balaban J connectivity index is 2.09. The zero-order chi connectivity index (χ0) is 16.2. The van der Waals surface area contributed by atoms with Crippen molar-refractivity contribution in [2.75, 3.05) is 0 Å². The van der Waals surface area contributed by atoms with E-state index in [1.807, 2.05) is 45.0 Å². The van der Waals surface area contributed by atoms with Crippen molar-refractivity contribution in [3.8, 4) is 5.75 Å². The van der Waals surface area contributed by atoms with Gasteiger partial charge in [-0.3, -0.25) is 4.79 Å². The van der Waals surface area contributed by atoms with Crippen LogP contribution in [0.15, 0.2) is 48.5 Å². The van der Waals surface area contributed by atoms with E-state index in [2.05, 4.69) is 5.32 Å². The molecule has 0 unspecified atom stereocenters. The average Bonchev–Trinajstić information content (AvgIpc) is 2.45. The quantitative estimate of drug-likeness (QED) is 0.929. The number of halogens is 1. The zero-order valence-electron chi connectivity index (χ0n) is 13.0. The molecule has 0 fully saturated rings. The number of carbonyl (C=O) groups excluding carboxylic acids is 1. The first-order valence-electron chi connectivity index (χ1n) is 7.16. The van der Waals surface area contributed by atoms with Crippen molar-refractivity contribution >= 4 is 5.91 Å². The summed E-state index contributed by atoms with van der Waals surface area (Å²) >= 11 is 0. The minimum absolute atomic E-state index is 0.0386. The molecule has 0 aliphatic rings. The van der Waals surface area contributed by atoms with Gasteiger partial charge in [-0.25, -0.2) is 4.39 Å². The van der Waals surface area contributed by atoms with Crippen molar-refractivity contribution in [3.05, 3.63) is 65.5 Å². The van der Waals surface area contributed by atoms with Crippen molar-refractivity contribution in [3.63, 3.8) is 0 Å². The van der Waals surface area contributed by atoms with Crippen LogP contribution in [0.3, 0.4) is 0 Å². The van der Waals surface area contributed by atoms with Crippen molar-refractivity contribution in [1.29, 1.82) is 0 Å². The van der Waals surface area contributed by atoms with Crippen LogP contribution in [-0.2, 0) is 6.54 Å². The van der Waals surface area contributed by atoms with Gasteiger partial charge in [0.1, 0.15) is 17.2 Å². The lowest BCUT2D eigenvalue weighted by molar-refractivity contribution is 0.0945. The number of rotatable bonds is 4. The molecule has 22 heavy (non-hydrogen) atoms. The third-order valence-corrected chi connectivity index (χ3v) is 2.95. The smallest absolute Gasteiger partial charge is 0.254 e. The number of hydrogen-bond donors (Lipinski definition) is 1. The first-order chi connectivity index (χ1) is 10.4. The molecule has 2 aromatic rings. The van der Waals surface area contributed by atoms with Crippen LogP contribution < -0.4 is 10.1 Å². The maximum Gasteiger partial charge on any atom is 0.254 e. The molecule has 0 radical (unpaired) electrons. The lowest BCUT2D eigenvalue weighted by atomic mass is 10.1. The fourth-order valence-electron chi connectivity index (χ4n) is 2.00. The topological polar surface area (TPSA) is 38.3 Å². The fourth-order valence-corrected chi connectivity index (χ4v) is 2.00. The summed E-state index contributed by atoms with van der Waals surface area (Å²) < 4.78 is 19.5. The molecule has 0 atom stereocenters. The molecule has 0 aliphatic heterocycles. The number of ether oxygens (including phenoxy) is 1. The van der Waals surface area contributed by atoms with Gasteiger partial charge in [-0.15, -0.1) is 0 Å². The Kier molecular flexibility index (Phi) is 4.81. The van der Waals surface area contributed by atoms with Crippen molar-refractivity contribution in [2.24, 2.45) is 0 Å². The Bertz CT molecular complexity index is 662. The van der Waals surface area contributed by atoms with Gasteiger partial charge in [0, 0.05) is 12.1 Å². The van der Waals surface area contributed by atoms with E-state index in [0.29, 0.717) is 5.75 Å². The van der Waals surface area contributed by atoms with E-state index in [1.165, 1.54) is 12.1 Å². The Morgan fingerprint density at radius 1 is 1.09 bits per heavy atom. The van der Waals surface area contributed by atoms with E-state index in [4.69, 9.17) is 4.74 Å². The molecule has 2 aromatic carbocycles. The van der Waals surface area contributed by atoms with Gasteiger partial charge in [0.2, 0.25) is 0 Å². The highest BCUT2D eigenvalue weighted by Crippen LogP contribution is 2.23. The summed E-state index contributed by atoms with van der Waals surface area (Å²) in [7, 11) is 0. The molecule has 0 saturated carbocycles. The molecule has 0 spiro atoms. The highest BCUT2D eigenvalue weighted by atomic mass is 19.1. The number of amides is 1. The maximum absolute atomic E-state index is 13.6. The molecule has 0 saturated heterocycles. The van der Waals surface area contributed by atoms with Crippen LogP contribution in [0.25, 0.3) is 0 Å². The molecule has 3 nitrogen and oxygen atoms in total. The van der Waals surface area contributed by atoms with Crippen LogP contribution in [0.2, 0.25) is 0 Å². The number of hydrogen-bond acceptors (Lipinski definition) is 2. The molecule has 0 aromatic heterocycles. The lowest BCUT2D eigenvalue weighted by Crippen LogP contribution is -2.26. The normalized spacial score (nSPS) is 11.1. The Morgan fingerprint density at radius 2 is 1.73 bits per heavy atom. The van der Waals surface area contributed by atoms with E-state index in [1.54, 1.807) is 12.1 Å². The first kappa shape index (κ1) is 16.0. The number of benzene rings is 2. The van der Waals surface area contributed by atoms with Gasteiger partial charge in [-0.2, -0.15) is 0 Å². The van der Waals surface area contributed by atoms with E-state index < -0.39 is 11.7 Å². The molecule has 0 heterocycles. The average molecular weight is 301 g/mol. The van der Waals surface area contributed by atoms with Crippen LogP contribution >= 0.6 is 0 Å². The standard InChI is InChI=1S/C18H20FNO2/c1-18(2,3)22-16-11-7-4-8-13(16)12-20-17(21)14-9-5-6-10-15(14)19/h4-11H,12H2,1-3H3,(H,20,21). The Labute approximate surface area is 130 Å². The highest BCUT2D eigenvalue weighted by Gasteiger charge is 2.15. The molecular formula is C18H20FNO2. The molecule has 1 N–H and O–H groups in total. The summed E-state index contributed by atoms with van der Waals surface area (Å²) in [5.74, 6) is -0.258. The van der Waals surface area contributed by atoms with Gasteiger partial charge in [-0.1, -0.05) is 30.3 Å². The second-order valence-corrected chi connectivity index (χ2v) is 5.98. The monoisotopic (exact) mass is 301 g/mol. The highest BCUT2D eigenvalue weighted by molar-refractivity contribution is 5.94. The minimum atomic E-state index is -0.528. The van der Waals surface area contributed by atoms with E-state index in [9.17, 15) is 9.18 Å². The van der Waals surface area contributed by atoms with Gasteiger partial charge in [-0.05, 0) is 39.0 Å². The second-order valence-electron chi connectivity index (χ2n) is 5.98. The molecule has 116 valence electrons. The van der Waals surface area contributed by atoms with Gasteiger partial charge in [0.05, 0.1) is 5.56 Å². The number of carbonyl (C=O) groups is 1. The molecule has 4 heteroatoms. The van der Waals surface area contributed by atoms with Crippen LogP contribution in [0.1, 0.15) is 36.7 Å².